The number of rotatable bonds is 5. The van der Waals surface area contributed by atoms with E-state index in [-0.39, 0.29) is 42.5 Å². The van der Waals surface area contributed by atoms with Crippen LogP contribution in [-0.2, 0) is 4.79 Å². The van der Waals surface area contributed by atoms with Gasteiger partial charge >= 0.3 is 6.61 Å². The van der Waals surface area contributed by atoms with Crippen molar-refractivity contribution >= 4 is 36.4 Å². The summed E-state index contributed by atoms with van der Waals surface area (Å²) in [4.78, 5) is 14.4. The Bertz CT molecular complexity index is 601. The molecule has 3 rings (SSSR count). The van der Waals surface area contributed by atoms with E-state index in [9.17, 15) is 13.6 Å². The number of ether oxygens (including phenoxy) is 1. The van der Waals surface area contributed by atoms with Crippen LogP contribution < -0.4 is 20.7 Å². The van der Waals surface area contributed by atoms with E-state index in [1.807, 2.05) is 4.90 Å². The van der Waals surface area contributed by atoms with Gasteiger partial charge in [-0.2, -0.15) is 8.78 Å². The topological polar surface area (TPSA) is 67.6 Å². The van der Waals surface area contributed by atoms with Gasteiger partial charge in [-0.25, -0.2) is 0 Å². The first-order chi connectivity index (χ1) is 11.5. The maximum Gasteiger partial charge on any atom is 0.387 e. The molecule has 1 amide bonds. The molecule has 1 saturated heterocycles. The molecule has 0 spiro atoms. The minimum Gasteiger partial charge on any atom is -0.433 e. The van der Waals surface area contributed by atoms with Crippen LogP contribution in [0.5, 0.6) is 5.75 Å². The van der Waals surface area contributed by atoms with Crippen LogP contribution in [-0.4, -0.2) is 37.2 Å². The number of carbonyl (C=O) groups excluding carboxylic acids is 1. The first kappa shape index (κ1) is 22.7. The molecule has 26 heavy (non-hydrogen) atoms. The molecule has 1 saturated carbocycles. The van der Waals surface area contributed by atoms with Crippen LogP contribution in [0.1, 0.15) is 32.1 Å². The second kappa shape index (κ2) is 9.58. The fraction of sp³-hybridized carbons (Fsp3) is 0.588. The summed E-state index contributed by atoms with van der Waals surface area (Å²) in [7, 11) is 0. The van der Waals surface area contributed by atoms with E-state index in [2.05, 4.69) is 10.1 Å². The number of hydrogen-bond acceptors (Lipinski definition) is 4. The number of halogens is 4. The highest BCUT2D eigenvalue weighted by atomic mass is 35.5. The number of nitrogens with one attached hydrogen (secondary N) is 1. The van der Waals surface area contributed by atoms with Gasteiger partial charge in [0.05, 0.1) is 11.2 Å². The molecule has 1 aromatic carbocycles. The molecule has 2 aliphatic rings. The fourth-order valence-electron chi connectivity index (χ4n) is 3.57. The van der Waals surface area contributed by atoms with Crippen LogP contribution in [0.25, 0.3) is 0 Å². The van der Waals surface area contributed by atoms with Crippen molar-refractivity contribution in [2.75, 3.05) is 18.0 Å². The molecule has 2 fully saturated rings. The predicted molar refractivity (Wildman–Crippen MR) is 102 cm³/mol. The molecular weight excluding hydrogens is 387 g/mol. The summed E-state index contributed by atoms with van der Waals surface area (Å²) in [6.45, 7) is -1.62. The highest BCUT2D eigenvalue weighted by molar-refractivity contribution is 5.86. The first-order valence-electron chi connectivity index (χ1n) is 8.36. The van der Waals surface area contributed by atoms with Gasteiger partial charge in [-0.3, -0.25) is 4.79 Å². The van der Waals surface area contributed by atoms with Crippen molar-refractivity contribution < 1.29 is 18.3 Å². The molecule has 0 aromatic heterocycles. The highest BCUT2D eigenvalue weighted by Crippen LogP contribution is 2.32. The zero-order valence-corrected chi connectivity index (χ0v) is 16.0. The molecular formula is C17H25Cl2F2N3O2. The number of alkyl halides is 2. The Kier molecular flexibility index (Phi) is 8.37. The lowest BCUT2D eigenvalue weighted by atomic mass is 9.97. The SMILES string of the molecule is Cl.Cl.NC1(C(=O)NC2CCN(c3ccccc3OC(F)F)C2)CCCC1. The Hall–Kier alpha value is -1.31. The van der Waals surface area contributed by atoms with Crippen molar-refractivity contribution in [3.05, 3.63) is 24.3 Å². The third kappa shape index (κ3) is 5.11. The summed E-state index contributed by atoms with van der Waals surface area (Å²) in [5, 5.41) is 3.03. The van der Waals surface area contributed by atoms with E-state index in [0.29, 0.717) is 18.8 Å². The van der Waals surface area contributed by atoms with E-state index in [0.717, 1.165) is 32.1 Å². The first-order valence-corrected chi connectivity index (χ1v) is 8.36. The number of hydrogen-bond donors (Lipinski definition) is 2. The van der Waals surface area contributed by atoms with E-state index in [4.69, 9.17) is 5.73 Å². The second-order valence-electron chi connectivity index (χ2n) is 6.61. The van der Waals surface area contributed by atoms with Gasteiger partial charge in [0.25, 0.3) is 0 Å². The molecule has 1 aromatic rings. The van der Waals surface area contributed by atoms with E-state index in [1.54, 1.807) is 18.2 Å². The monoisotopic (exact) mass is 411 g/mol. The summed E-state index contributed by atoms with van der Waals surface area (Å²) < 4.78 is 29.7. The van der Waals surface area contributed by atoms with Crippen LogP contribution in [0.3, 0.4) is 0 Å². The Morgan fingerprint density at radius 2 is 1.92 bits per heavy atom. The summed E-state index contributed by atoms with van der Waals surface area (Å²) in [5.41, 5.74) is 6.05. The van der Waals surface area contributed by atoms with Crippen LogP contribution in [0, 0.1) is 0 Å². The maximum atomic E-state index is 12.5. The number of nitrogens with zero attached hydrogens (tertiary/aromatic N) is 1. The lowest BCUT2D eigenvalue weighted by molar-refractivity contribution is -0.126. The molecule has 3 N–H and O–H groups in total. The molecule has 9 heteroatoms. The molecule has 1 aliphatic carbocycles. The Morgan fingerprint density at radius 1 is 1.27 bits per heavy atom. The zero-order valence-electron chi connectivity index (χ0n) is 14.3. The minimum absolute atomic E-state index is 0. The molecule has 1 aliphatic heterocycles. The molecule has 148 valence electrons. The van der Waals surface area contributed by atoms with Crippen molar-refractivity contribution in [3.8, 4) is 5.75 Å². The summed E-state index contributed by atoms with van der Waals surface area (Å²) in [5.74, 6) is 0.0644. The maximum absolute atomic E-state index is 12.5. The van der Waals surface area contributed by atoms with Gasteiger partial charge < -0.3 is 20.7 Å². The number of para-hydroxylation sites is 2. The largest absolute Gasteiger partial charge is 0.433 e. The van der Waals surface area contributed by atoms with Crippen molar-refractivity contribution in [1.82, 2.24) is 5.32 Å². The third-order valence-corrected chi connectivity index (χ3v) is 4.89. The highest BCUT2D eigenvalue weighted by Gasteiger charge is 2.38. The van der Waals surface area contributed by atoms with Crippen molar-refractivity contribution in [2.24, 2.45) is 5.73 Å². The van der Waals surface area contributed by atoms with E-state index < -0.39 is 12.2 Å². The number of carbonyl (C=O) groups is 1. The normalized spacial score (nSPS) is 21.1. The Labute approximate surface area is 164 Å². The molecule has 1 atom stereocenters. The minimum atomic E-state index is -2.86. The predicted octanol–water partition coefficient (Wildman–Crippen LogP) is 3.10. The fourth-order valence-corrected chi connectivity index (χ4v) is 3.57. The summed E-state index contributed by atoms with van der Waals surface area (Å²) >= 11 is 0. The van der Waals surface area contributed by atoms with Gasteiger partial charge in [-0.15, -0.1) is 24.8 Å². The van der Waals surface area contributed by atoms with Crippen LogP contribution >= 0.6 is 24.8 Å². The van der Waals surface area contributed by atoms with Crippen LogP contribution in [0.15, 0.2) is 24.3 Å². The third-order valence-electron chi connectivity index (χ3n) is 4.89. The average molecular weight is 412 g/mol. The molecule has 1 unspecified atom stereocenters. The van der Waals surface area contributed by atoms with Gasteiger partial charge in [0, 0.05) is 19.1 Å². The zero-order chi connectivity index (χ0) is 17.2. The van der Waals surface area contributed by atoms with Crippen molar-refractivity contribution in [3.63, 3.8) is 0 Å². The standard InChI is InChI=1S/C17H23F2N3O2.2ClH/c18-16(19)24-14-6-2-1-5-13(14)22-10-7-12(11-22)21-15(23)17(20)8-3-4-9-17;;/h1-2,5-6,12,16H,3-4,7-11,20H2,(H,21,23);2*1H. The lowest BCUT2D eigenvalue weighted by Crippen LogP contribution is -2.54. The Morgan fingerprint density at radius 3 is 2.58 bits per heavy atom. The number of anilines is 1. The van der Waals surface area contributed by atoms with Gasteiger partial charge in [0.2, 0.25) is 5.91 Å². The number of amides is 1. The lowest BCUT2D eigenvalue weighted by Gasteiger charge is -2.25. The second-order valence-corrected chi connectivity index (χ2v) is 6.61. The molecule has 0 radical (unpaired) electrons. The van der Waals surface area contributed by atoms with Crippen LogP contribution in [0.2, 0.25) is 0 Å². The smallest absolute Gasteiger partial charge is 0.387 e. The number of nitrogens with two attached hydrogens (primary N) is 1. The van der Waals surface area contributed by atoms with Gasteiger partial charge in [-0.1, -0.05) is 25.0 Å². The van der Waals surface area contributed by atoms with Gasteiger partial charge in [0.1, 0.15) is 5.75 Å². The van der Waals surface area contributed by atoms with E-state index in [1.165, 1.54) is 6.07 Å². The van der Waals surface area contributed by atoms with Crippen molar-refractivity contribution in [1.29, 1.82) is 0 Å². The molecule has 5 nitrogen and oxygen atoms in total. The van der Waals surface area contributed by atoms with Gasteiger partial charge in [-0.05, 0) is 31.4 Å². The summed E-state index contributed by atoms with van der Waals surface area (Å²) in [6, 6.07) is 6.70. The molecule has 0 bridgehead atoms. The van der Waals surface area contributed by atoms with Crippen LogP contribution in [0.4, 0.5) is 14.5 Å². The Balaban J connectivity index is 0.00000169. The summed E-state index contributed by atoms with van der Waals surface area (Å²) in [6.07, 6.45) is 4.17. The average Bonchev–Trinajstić information content (AvgIpc) is 3.17. The van der Waals surface area contributed by atoms with Crippen molar-refractivity contribution in [2.45, 2.75) is 50.3 Å². The quantitative estimate of drug-likeness (QED) is 0.780. The van der Waals surface area contributed by atoms with Gasteiger partial charge in [0.15, 0.2) is 0 Å². The molecule has 1 heterocycles. The van der Waals surface area contributed by atoms with E-state index >= 15 is 0 Å². The number of benzene rings is 1.